The Balaban J connectivity index is 1.43. The highest BCUT2D eigenvalue weighted by atomic mass is 16.5. The van der Waals surface area contributed by atoms with Gasteiger partial charge in [0.05, 0.1) is 5.41 Å². The maximum atomic E-state index is 13.1. The maximum absolute atomic E-state index is 13.1. The molecule has 5 rings (SSSR count). The zero-order valence-corrected chi connectivity index (χ0v) is 26.1. The van der Waals surface area contributed by atoms with Gasteiger partial charge in [0.25, 0.3) is 5.91 Å². The van der Waals surface area contributed by atoms with Gasteiger partial charge in [0.2, 0.25) is 0 Å². The SMILES string of the molecule is CC(=O)O[C@@H]1C[C@@]2(C)[C@@H]3CC[C@@H]4C(=CC[C@H](NC(=O)c5ccccc5)[C@]4(C)C=O)C[C@H]3CC[C@]2(C)[C@H]1[C@H](C)N(C)C. The molecular formula is C35H50N2O4. The fraction of sp³-hybridized carbons (Fsp3) is 0.686. The molecule has 0 aliphatic heterocycles. The molecule has 3 saturated carbocycles. The molecule has 0 saturated heterocycles. The zero-order chi connectivity index (χ0) is 29.7. The van der Waals surface area contributed by atoms with E-state index in [1.807, 2.05) is 30.3 Å². The van der Waals surface area contributed by atoms with Crippen molar-refractivity contribution < 1.29 is 19.1 Å². The van der Waals surface area contributed by atoms with Crippen molar-refractivity contribution in [2.45, 2.75) is 97.8 Å². The van der Waals surface area contributed by atoms with Crippen LogP contribution in [0.2, 0.25) is 0 Å². The number of hydrogen-bond donors (Lipinski definition) is 1. The molecule has 0 aromatic heterocycles. The van der Waals surface area contributed by atoms with Crippen LogP contribution in [0, 0.1) is 39.9 Å². The standard InChI is InChI=1S/C35H50N2O4/c1-22(37(6)7)31-29(41-23(2)39)20-35(5)28-15-14-27-25(19-26(28)17-18-34(31,35)4)13-16-30(33(27,3)21-38)36-32(40)24-11-9-8-10-12-24/h8-13,21-22,26-31H,14-20H2,1-7H3,(H,36,40)/t22-,26+,27+,28+,29+,30-,31-,33+,34+,35-/m0/s1. The van der Waals surface area contributed by atoms with Crippen LogP contribution in [0.4, 0.5) is 0 Å². The first-order chi connectivity index (χ1) is 19.4. The quantitative estimate of drug-likeness (QED) is 0.259. The Morgan fingerprint density at radius 2 is 1.78 bits per heavy atom. The third-order valence-electron chi connectivity index (χ3n) is 12.6. The van der Waals surface area contributed by atoms with Crippen molar-refractivity contribution in [1.29, 1.82) is 0 Å². The van der Waals surface area contributed by atoms with Crippen molar-refractivity contribution in [3.05, 3.63) is 47.5 Å². The van der Waals surface area contributed by atoms with Crippen LogP contribution >= 0.6 is 0 Å². The topological polar surface area (TPSA) is 75.7 Å². The maximum Gasteiger partial charge on any atom is 0.302 e. The monoisotopic (exact) mass is 562 g/mol. The van der Waals surface area contributed by atoms with E-state index in [-0.39, 0.29) is 46.7 Å². The van der Waals surface area contributed by atoms with E-state index in [0.717, 1.165) is 44.8 Å². The van der Waals surface area contributed by atoms with Gasteiger partial charge in [0.1, 0.15) is 12.4 Å². The Hall–Kier alpha value is -2.47. The van der Waals surface area contributed by atoms with Crippen molar-refractivity contribution in [3.63, 3.8) is 0 Å². The van der Waals surface area contributed by atoms with E-state index in [4.69, 9.17) is 4.74 Å². The minimum Gasteiger partial charge on any atom is -0.462 e. The normalized spacial score (nSPS) is 40.7. The molecule has 0 radical (unpaired) electrons. The van der Waals surface area contributed by atoms with Crippen LogP contribution in [0.5, 0.6) is 0 Å². The highest BCUT2D eigenvalue weighted by Gasteiger charge is 2.67. The lowest BCUT2D eigenvalue weighted by molar-refractivity contribution is -0.150. The first-order valence-corrected chi connectivity index (χ1v) is 15.7. The lowest BCUT2D eigenvalue weighted by atomic mass is 9.48. The second-order valence-corrected chi connectivity index (χ2v) is 14.5. The number of benzene rings is 1. The van der Waals surface area contributed by atoms with Crippen molar-refractivity contribution in [2.24, 2.45) is 39.9 Å². The van der Waals surface area contributed by atoms with Crippen LogP contribution < -0.4 is 5.32 Å². The van der Waals surface area contributed by atoms with Gasteiger partial charge in [0.15, 0.2) is 0 Å². The summed E-state index contributed by atoms with van der Waals surface area (Å²) in [5.74, 6) is 1.15. The summed E-state index contributed by atoms with van der Waals surface area (Å²) in [6.45, 7) is 10.8. The highest BCUT2D eigenvalue weighted by Crippen LogP contribution is 2.70. The Morgan fingerprint density at radius 1 is 1.07 bits per heavy atom. The van der Waals surface area contributed by atoms with E-state index in [9.17, 15) is 14.4 Å². The number of rotatable bonds is 6. The van der Waals surface area contributed by atoms with E-state index < -0.39 is 5.41 Å². The molecule has 1 amide bonds. The number of fused-ring (bicyclic) bond motifs is 4. The van der Waals surface area contributed by atoms with Crippen molar-refractivity contribution in [1.82, 2.24) is 10.2 Å². The van der Waals surface area contributed by atoms with Gasteiger partial charge in [0, 0.05) is 30.5 Å². The molecule has 0 bridgehead atoms. The average Bonchev–Trinajstić information content (AvgIpc) is 3.04. The van der Waals surface area contributed by atoms with Crippen LogP contribution in [-0.4, -0.2) is 55.3 Å². The van der Waals surface area contributed by atoms with E-state index in [1.165, 1.54) is 5.57 Å². The van der Waals surface area contributed by atoms with Crippen molar-refractivity contribution in [2.75, 3.05) is 14.1 Å². The number of carbonyl (C=O) groups is 3. The molecule has 6 nitrogen and oxygen atoms in total. The summed E-state index contributed by atoms with van der Waals surface area (Å²) in [4.78, 5) is 40.5. The largest absolute Gasteiger partial charge is 0.462 e. The van der Waals surface area contributed by atoms with Gasteiger partial charge in [-0.2, -0.15) is 0 Å². The summed E-state index contributed by atoms with van der Waals surface area (Å²) < 4.78 is 6.10. The number of carbonyl (C=O) groups excluding carboxylic acids is 3. The second-order valence-electron chi connectivity index (χ2n) is 14.5. The molecule has 224 valence electrons. The molecule has 6 heteroatoms. The summed E-state index contributed by atoms with van der Waals surface area (Å²) in [5, 5.41) is 3.23. The molecule has 4 aliphatic carbocycles. The van der Waals surface area contributed by atoms with Gasteiger partial charge in [-0.15, -0.1) is 0 Å². The molecule has 3 fully saturated rings. The molecule has 0 unspecified atom stereocenters. The molecule has 0 heterocycles. The fourth-order valence-electron chi connectivity index (χ4n) is 9.98. The van der Waals surface area contributed by atoms with Crippen molar-refractivity contribution in [3.8, 4) is 0 Å². The molecule has 0 spiro atoms. The summed E-state index contributed by atoms with van der Waals surface area (Å²) in [5.41, 5.74) is 1.49. The third kappa shape index (κ3) is 4.88. The van der Waals surface area contributed by atoms with Crippen LogP contribution in [-0.2, 0) is 14.3 Å². The number of esters is 1. The summed E-state index contributed by atoms with van der Waals surface area (Å²) >= 11 is 0. The van der Waals surface area contributed by atoms with E-state index in [2.05, 4.69) is 58.1 Å². The number of ether oxygens (including phenoxy) is 1. The third-order valence-corrected chi connectivity index (χ3v) is 12.6. The summed E-state index contributed by atoms with van der Waals surface area (Å²) in [7, 11) is 4.27. The molecule has 1 N–H and O–H groups in total. The first kappa shape index (κ1) is 30.0. The Morgan fingerprint density at radius 3 is 2.41 bits per heavy atom. The molecule has 4 aliphatic rings. The van der Waals surface area contributed by atoms with Gasteiger partial charge in [-0.1, -0.05) is 50.6 Å². The molecule has 1 aromatic rings. The predicted molar refractivity (Wildman–Crippen MR) is 161 cm³/mol. The van der Waals surface area contributed by atoms with Gasteiger partial charge < -0.3 is 19.7 Å². The van der Waals surface area contributed by atoms with E-state index in [0.29, 0.717) is 29.9 Å². The smallest absolute Gasteiger partial charge is 0.302 e. The minimum atomic E-state index is -0.649. The predicted octanol–water partition coefficient (Wildman–Crippen LogP) is 6.06. The van der Waals surface area contributed by atoms with Crippen molar-refractivity contribution >= 4 is 18.2 Å². The van der Waals surface area contributed by atoms with E-state index >= 15 is 0 Å². The summed E-state index contributed by atoms with van der Waals surface area (Å²) in [6, 6.07) is 9.35. The number of hydrogen-bond acceptors (Lipinski definition) is 5. The lowest BCUT2D eigenvalue weighted by Gasteiger charge is -2.56. The Labute approximate surface area is 246 Å². The van der Waals surface area contributed by atoms with Gasteiger partial charge in [-0.25, -0.2) is 0 Å². The number of nitrogens with zero attached hydrogens (tertiary/aromatic N) is 1. The Bertz CT molecular complexity index is 1200. The first-order valence-electron chi connectivity index (χ1n) is 15.7. The summed E-state index contributed by atoms with van der Waals surface area (Å²) in [6.07, 6.45) is 10.3. The highest BCUT2D eigenvalue weighted by molar-refractivity contribution is 5.94. The Kier molecular flexibility index (Phi) is 8.04. The van der Waals surface area contributed by atoms with Gasteiger partial charge >= 0.3 is 5.97 Å². The number of amides is 1. The zero-order valence-electron chi connectivity index (χ0n) is 26.1. The van der Waals surface area contributed by atoms with Crippen LogP contribution in [0.25, 0.3) is 0 Å². The molecular weight excluding hydrogens is 512 g/mol. The van der Waals surface area contributed by atoms with Gasteiger partial charge in [-0.3, -0.25) is 9.59 Å². The fourth-order valence-corrected chi connectivity index (χ4v) is 9.98. The van der Waals surface area contributed by atoms with Gasteiger partial charge in [-0.05, 0) is 107 Å². The van der Waals surface area contributed by atoms with E-state index in [1.54, 1.807) is 6.92 Å². The molecule has 1 aromatic carbocycles. The lowest BCUT2D eigenvalue weighted by Crippen LogP contribution is -2.53. The molecule has 10 atom stereocenters. The van der Waals surface area contributed by atoms with Crippen LogP contribution in [0.1, 0.15) is 89.9 Å². The molecule has 41 heavy (non-hydrogen) atoms. The average molecular weight is 563 g/mol. The van der Waals surface area contributed by atoms with Crippen LogP contribution in [0.15, 0.2) is 42.0 Å². The number of nitrogens with one attached hydrogen (secondary N) is 1. The minimum absolute atomic E-state index is 0.0392. The van der Waals surface area contributed by atoms with Crippen LogP contribution in [0.3, 0.4) is 0 Å². The number of allylic oxidation sites excluding steroid dienone is 1. The second kappa shape index (κ2) is 11.0. The number of aldehydes is 1.